The van der Waals surface area contributed by atoms with Gasteiger partial charge in [0, 0.05) is 23.4 Å². The summed E-state index contributed by atoms with van der Waals surface area (Å²) in [5.74, 6) is 1.39. The number of benzene rings is 1. The van der Waals surface area contributed by atoms with Crippen LogP contribution in [0, 0.1) is 27.4 Å². The van der Waals surface area contributed by atoms with Crippen LogP contribution in [-0.2, 0) is 4.79 Å². The van der Waals surface area contributed by atoms with Crippen molar-refractivity contribution in [2.75, 3.05) is 18.2 Å². The van der Waals surface area contributed by atoms with E-state index >= 15 is 0 Å². The van der Waals surface area contributed by atoms with Crippen LogP contribution in [0.4, 0.5) is 10.8 Å². The predicted molar refractivity (Wildman–Crippen MR) is 125 cm³/mol. The first-order chi connectivity index (χ1) is 15.8. The standard InChI is InChI=1S/C21H19N5O5S2/c1-12(2)11-32-21-24-20(33-25-21)23-19(27)13(10-22)8-15-5-7-18(31-15)16-6-4-14(30-3)9-17(16)26(28)29/h4-9,12H,11H2,1-3H3,(H,23,24,25,27). The van der Waals surface area contributed by atoms with E-state index in [1.165, 1.54) is 49.2 Å². The third kappa shape index (κ3) is 6.18. The molecule has 0 fully saturated rings. The molecule has 3 rings (SSSR count). The summed E-state index contributed by atoms with van der Waals surface area (Å²) in [7, 11) is 1.41. The molecule has 0 spiro atoms. The van der Waals surface area contributed by atoms with Crippen LogP contribution in [0.15, 0.2) is 45.5 Å². The van der Waals surface area contributed by atoms with E-state index in [4.69, 9.17) is 9.15 Å². The topological polar surface area (TPSA) is 144 Å². The van der Waals surface area contributed by atoms with Crippen LogP contribution in [0.1, 0.15) is 19.6 Å². The van der Waals surface area contributed by atoms with Gasteiger partial charge in [-0.05, 0) is 30.2 Å². The van der Waals surface area contributed by atoms with Crippen molar-refractivity contribution in [3.05, 3.63) is 51.8 Å². The second-order valence-electron chi connectivity index (χ2n) is 7.05. The number of aromatic nitrogens is 2. The fraction of sp³-hybridized carbons (Fsp3) is 0.238. The molecule has 1 aromatic carbocycles. The van der Waals surface area contributed by atoms with Crippen LogP contribution >= 0.6 is 23.3 Å². The average Bonchev–Trinajstić information content (AvgIpc) is 3.44. The van der Waals surface area contributed by atoms with Crippen molar-refractivity contribution in [2.45, 2.75) is 19.0 Å². The molecular weight excluding hydrogens is 466 g/mol. The third-order valence-electron chi connectivity index (χ3n) is 4.12. The zero-order chi connectivity index (χ0) is 24.0. The van der Waals surface area contributed by atoms with Crippen LogP contribution in [-0.4, -0.2) is 33.1 Å². The molecule has 10 nitrogen and oxygen atoms in total. The van der Waals surface area contributed by atoms with Crippen LogP contribution in [0.25, 0.3) is 17.4 Å². The molecule has 0 saturated carbocycles. The number of ether oxygens (including phenoxy) is 1. The first-order valence-corrected chi connectivity index (χ1v) is 11.4. The Morgan fingerprint density at radius 2 is 2.21 bits per heavy atom. The normalized spacial score (nSPS) is 11.3. The lowest BCUT2D eigenvalue weighted by molar-refractivity contribution is -0.384. The van der Waals surface area contributed by atoms with Gasteiger partial charge in [0.25, 0.3) is 11.6 Å². The smallest absolute Gasteiger partial charge is 0.284 e. The molecule has 0 aliphatic heterocycles. The number of carbonyl (C=O) groups excluding carboxylic acids is 1. The van der Waals surface area contributed by atoms with Crippen molar-refractivity contribution in [3.63, 3.8) is 0 Å². The number of nitrogens with one attached hydrogen (secondary N) is 1. The maximum Gasteiger partial charge on any atom is 0.284 e. The summed E-state index contributed by atoms with van der Waals surface area (Å²) in [6, 6.07) is 9.23. The molecule has 33 heavy (non-hydrogen) atoms. The minimum atomic E-state index is -0.664. The van der Waals surface area contributed by atoms with Crippen molar-refractivity contribution in [1.29, 1.82) is 5.26 Å². The Kier molecular flexibility index (Phi) is 7.81. The number of nitro groups is 1. The van der Waals surface area contributed by atoms with E-state index < -0.39 is 10.8 Å². The van der Waals surface area contributed by atoms with Crippen molar-refractivity contribution in [2.24, 2.45) is 5.92 Å². The van der Waals surface area contributed by atoms with E-state index in [0.29, 0.717) is 16.8 Å². The number of amides is 1. The summed E-state index contributed by atoms with van der Waals surface area (Å²) < 4.78 is 14.9. The maximum atomic E-state index is 12.5. The highest BCUT2D eigenvalue weighted by molar-refractivity contribution is 7.99. The second-order valence-corrected chi connectivity index (χ2v) is 8.79. The molecule has 0 aliphatic rings. The molecule has 0 saturated heterocycles. The summed E-state index contributed by atoms with van der Waals surface area (Å²) in [5, 5.41) is 24.2. The van der Waals surface area contributed by atoms with Crippen molar-refractivity contribution in [3.8, 4) is 23.1 Å². The monoisotopic (exact) mass is 485 g/mol. The van der Waals surface area contributed by atoms with Crippen LogP contribution in [0.2, 0.25) is 0 Å². The van der Waals surface area contributed by atoms with Gasteiger partial charge in [-0.1, -0.05) is 25.6 Å². The maximum absolute atomic E-state index is 12.5. The number of nitrogens with zero attached hydrogens (tertiary/aromatic N) is 4. The van der Waals surface area contributed by atoms with Gasteiger partial charge < -0.3 is 9.15 Å². The molecule has 0 bridgehead atoms. The fourth-order valence-electron chi connectivity index (χ4n) is 2.59. The number of methoxy groups -OCH3 is 1. The molecule has 170 valence electrons. The van der Waals surface area contributed by atoms with Crippen molar-refractivity contribution < 1.29 is 18.9 Å². The van der Waals surface area contributed by atoms with Gasteiger partial charge >= 0.3 is 0 Å². The van der Waals surface area contributed by atoms with E-state index in [1.54, 1.807) is 6.07 Å². The number of anilines is 1. The lowest BCUT2D eigenvalue weighted by atomic mass is 10.1. The van der Waals surface area contributed by atoms with Crippen LogP contribution in [0.5, 0.6) is 5.75 Å². The van der Waals surface area contributed by atoms with E-state index in [-0.39, 0.29) is 33.5 Å². The third-order valence-corrected chi connectivity index (χ3v) is 6.14. The van der Waals surface area contributed by atoms with Crippen molar-refractivity contribution >= 4 is 46.1 Å². The van der Waals surface area contributed by atoms with Gasteiger partial charge in [-0.15, -0.1) is 0 Å². The van der Waals surface area contributed by atoms with E-state index in [0.717, 1.165) is 17.3 Å². The van der Waals surface area contributed by atoms with Gasteiger partial charge in [-0.2, -0.15) is 14.6 Å². The molecule has 1 amide bonds. The van der Waals surface area contributed by atoms with Crippen molar-refractivity contribution in [1.82, 2.24) is 9.36 Å². The largest absolute Gasteiger partial charge is 0.497 e. The lowest BCUT2D eigenvalue weighted by Crippen LogP contribution is -2.13. The van der Waals surface area contributed by atoms with Gasteiger partial charge in [0.2, 0.25) is 10.3 Å². The van der Waals surface area contributed by atoms with Gasteiger partial charge in [-0.3, -0.25) is 20.2 Å². The van der Waals surface area contributed by atoms with E-state index in [2.05, 4.69) is 28.5 Å². The summed E-state index contributed by atoms with van der Waals surface area (Å²) in [6.45, 7) is 4.16. The summed E-state index contributed by atoms with van der Waals surface area (Å²) in [5.41, 5.74) is -0.171. The molecule has 0 aliphatic carbocycles. The predicted octanol–water partition coefficient (Wildman–Crippen LogP) is 5.01. The van der Waals surface area contributed by atoms with Gasteiger partial charge in [0.05, 0.1) is 23.7 Å². The summed E-state index contributed by atoms with van der Waals surface area (Å²) in [6.07, 6.45) is 1.25. The second kappa shape index (κ2) is 10.8. The minimum absolute atomic E-state index is 0.187. The zero-order valence-electron chi connectivity index (χ0n) is 17.9. The Labute approximate surface area is 197 Å². The van der Waals surface area contributed by atoms with Gasteiger partial charge in [-0.25, -0.2) is 0 Å². The SMILES string of the molecule is COc1ccc(-c2ccc(C=C(C#N)C(=O)Nc3nc(SCC(C)C)ns3)o2)c([N+](=O)[O-])c1. The molecule has 0 unspecified atom stereocenters. The number of rotatable bonds is 9. The number of furan rings is 1. The van der Waals surface area contributed by atoms with E-state index in [9.17, 15) is 20.2 Å². The number of carbonyl (C=O) groups is 1. The van der Waals surface area contributed by atoms with Crippen LogP contribution < -0.4 is 10.1 Å². The Bertz CT molecular complexity index is 1240. The molecule has 3 aromatic rings. The number of nitriles is 1. The first-order valence-electron chi connectivity index (χ1n) is 9.63. The Hall–Kier alpha value is -3.69. The molecule has 2 heterocycles. The van der Waals surface area contributed by atoms with Gasteiger partial charge in [0.1, 0.15) is 28.9 Å². The molecule has 12 heteroatoms. The molecule has 0 radical (unpaired) electrons. The highest BCUT2D eigenvalue weighted by atomic mass is 32.2. The molecule has 0 atom stereocenters. The zero-order valence-corrected chi connectivity index (χ0v) is 19.5. The Morgan fingerprint density at radius 1 is 1.42 bits per heavy atom. The van der Waals surface area contributed by atoms with Gasteiger partial charge in [0.15, 0.2) is 0 Å². The molecule has 1 N–H and O–H groups in total. The summed E-state index contributed by atoms with van der Waals surface area (Å²) in [4.78, 5) is 27.6. The Morgan fingerprint density at radius 3 is 2.88 bits per heavy atom. The first kappa shape index (κ1) is 24.0. The molecule has 2 aromatic heterocycles. The number of nitro benzene ring substituents is 1. The minimum Gasteiger partial charge on any atom is -0.497 e. The number of hydrogen-bond acceptors (Lipinski definition) is 10. The average molecular weight is 486 g/mol. The van der Waals surface area contributed by atoms with E-state index in [1.807, 2.05) is 6.07 Å². The highest BCUT2D eigenvalue weighted by Crippen LogP contribution is 2.34. The lowest BCUT2D eigenvalue weighted by Gasteiger charge is -2.03. The highest BCUT2D eigenvalue weighted by Gasteiger charge is 2.20. The quantitative estimate of drug-likeness (QED) is 0.145. The van der Waals surface area contributed by atoms with Crippen LogP contribution in [0.3, 0.4) is 0 Å². The summed E-state index contributed by atoms with van der Waals surface area (Å²) >= 11 is 2.51. The fourth-order valence-corrected chi connectivity index (χ4v) is 4.08. The number of thioether (sulfide) groups is 1. The molecular formula is C21H19N5O5S2. The number of hydrogen-bond donors (Lipinski definition) is 1. The Balaban J connectivity index is 1.77.